The molecule has 19 heavy (non-hydrogen) atoms. The number of carbonyl (C=O) groups excluding carboxylic acids is 1. The molecular weight excluding hydrogens is 268 g/mol. The lowest BCUT2D eigenvalue weighted by Crippen LogP contribution is -2.03. The van der Waals surface area contributed by atoms with E-state index in [0.29, 0.717) is 11.8 Å². The van der Waals surface area contributed by atoms with E-state index in [1.54, 1.807) is 6.07 Å². The van der Waals surface area contributed by atoms with Crippen LogP contribution in [0, 0.1) is 0 Å². The van der Waals surface area contributed by atoms with Crippen molar-refractivity contribution >= 4 is 17.7 Å². The molecule has 0 atom stereocenters. The van der Waals surface area contributed by atoms with Crippen molar-refractivity contribution in [2.24, 2.45) is 0 Å². The van der Waals surface area contributed by atoms with E-state index >= 15 is 0 Å². The number of carbonyl (C=O) groups is 1. The average Bonchev–Trinajstić information content (AvgIpc) is 2.99. The molecule has 0 unspecified atom stereocenters. The fourth-order valence-corrected chi connectivity index (χ4v) is 2.62. The SMILES string of the molecule is COC(=O)c1occc1CSc1nnnn1C1CC1. The number of furan rings is 1. The van der Waals surface area contributed by atoms with E-state index in [1.165, 1.54) is 25.1 Å². The second-order valence-electron chi connectivity index (χ2n) is 4.19. The number of tetrazole rings is 1. The Morgan fingerprint density at radius 2 is 2.47 bits per heavy atom. The fourth-order valence-electron chi connectivity index (χ4n) is 1.69. The van der Waals surface area contributed by atoms with Gasteiger partial charge in [-0.1, -0.05) is 11.8 Å². The van der Waals surface area contributed by atoms with Gasteiger partial charge in [0.25, 0.3) is 0 Å². The molecule has 1 saturated carbocycles. The summed E-state index contributed by atoms with van der Waals surface area (Å²) in [6.07, 6.45) is 3.72. The molecule has 2 aromatic rings. The summed E-state index contributed by atoms with van der Waals surface area (Å²) in [4.78, 5) is 11.5. The maximum Gasteiger partial charge on any atom is 0.374 e. The van der Waals surface area contributed by atoms with E-state index < -0.39 is 5.97 Å². The summed E-state index contributed by atoms with van der Waals surface area (Å²) in [5, 5.41) is 12.4. The predicted octanol–water partition coefficient (Wildman–Crippen LogP) is 1.68. The van der Waals surface area contributed by atoms with Gasteiger partial charge in [0.2, 0.25) is 10.9 Å². The predicted molar refractivity (Wildman–Crippen MR) is 65.7 cm³/mol. The highest BCUT2D eigenvalue weighted by molar-refractivity contribution is 7.98. The molecule has 0 spiro atoms. The summed E-state index contributed by atoms with van der Waals surface area (Å²) in [5.74, 6) is 0.330. The summed E-state index contributed by atoms with van der Waals surface area (Å²) in [7, 11) is 1.33. The lowest BCUT2D eigenvalue weighted by molar-refractivity contribution is 0.0564. The largest absolute Gasteiger partial charge is 0.463 e. The number of thioether (sulfide) groups is 1. The summed E-state index contributed by atoms with van der Waals surface area (Å²) >= 11 is 1.48. The quantitative estimate of drug-likeness (QED) is 0.608. The van der Waals surface area contributed by atoms with Crippen molar-refractivity contribution in [2.45, 2.75) is 29.8 Å². The number of esters is 1. The third kappa shape index (κ3) is 2.48. The number of hydrogen-bond acceptors (Lipinski definition) is 7. The maximum absolute atomic E-state index is 11.5. The molecule has 0 amide bonds. The average molecular weight is 280 g/mol. The van der Waals surface area contributed by atoms with Gasteiger partial charge in [-0.05, 0) is 29.3 Å². The maximum atomic E-state index is 11.5. The summed E-state index contributed by atoms with van der Waals surface area (Å²) < 4.78 is 11.6. The standard InChI is InChI=1S/C11H12N4O3S/c1-17-10(16)9-7(4-5-18-9)6-19-11-12-13-14-15(11)8-2-3-8/h4-5,8H,2-3,6H2,1H3. The van der Waals surface area contributed by atoms with E-state index in [2.05, 4.69) is 20.3 Å². The van der Waals surface area contributed by atoms with Crippen molar-refractivity contribution in [3.8, 4) is 0 Å². The molecule has 1 aliphatic carbocycles. The van der Waals surface area contributed by atoms with Crippen molar-refractivity contribution in [2.75, 3.05) is 7.11 Å². The van der Waals surface area contributed by atoms with Gasteiger partial charge in [0.1, 0.15) is 0 Å². The molecule has 2 heterocycles. The molecule has 0 saturated heterocycles. The molecule has 0 aromatic carbocycles. The van der Waals surface area contributed by atoms with Crippen LogP contribution in [0.3, 0.4) is 0 Å². The second-order valence-corrected chi connectivity index (χ2v) is 5.13. The Morgan fingerprint density at radius 3 is 3.21 bits per heavy atom. The molecule has 0 bridgehead atoms. The van der Waals surface area contributed by atoms with E-state index in [1.807, 2.05) is 4.68 Å². The number of methoxy groups -OCH3 is 1. The zero-order valence-electron chi connectivity index (χ0n) is 10.3. The summed E-state index contributed by atoms with van der Waals surface area (Å²) in [6, 6.07) is 2.19. The van der Waals surface area contributed by atoms with E-state index in [9.17, 15) is 4.79 Å². The van der Waals surface area contributed by atoms with Gasteiger partial charge in [0, 0.05) is 11.3 Å². The molecule has 0 radical (unpaired) electrons. The fraction of sp³-hybridized carbons (Fsp3) is 0.455. The van der Waals surface area contributed by atoms with Gasteiger partial charge in [-0.15, -0.1) is 5.10 Å². The number of aromatic nitrogens is 4. The zero-order chi connectivity index (χ0) is 13.2. The van der Waals surface area contributed by atoms with Crippen LogP contribution in [0.15, 0.2) is 21.9 Å². The first-order valence-corrected chi connectivity index (χ1v) is 6.83. The lowest BCUT2D eigenvalue weighted by Gasteiger charge is -2.02. The third-order valence-corrected chi connectivity index (χ3v) is 3.81. The smallest absolute Gasteiger partial charge is 0.374 e. The van der Waals surface area contributed by atoms with E-state index in [4.69, 9.17) is 4.42 Å². The Hall–Kier alpha value is -1.83. The molecule has 3 rings (SSSR count). The molecule has 7 nitrogen and oxygen atoms in total. The molecule has 0 N–H and O–H groups in total. The van der Waals surface area contributed by atoms with Gasteiger partial charge in [-0.25, -0.2) is 9.48 Å². The van der Waals surface area contributed by atoms with Gasteiger partial charge in [0.15, 0.2) is 0 Å². The van der Waals surface area contributed by atoms with Crippen LogP contribution in [0.2, 0.25) is 0 Å². The number of ether oxygens (including phenoxy) is 1. The van der Waals surface area contributed by atoms with Crippen molar-refractivity contribution in [1.29, 1.82) is 0 Å². The van der Waals surface area contributed by atoms with Gasteiger partial charge in [-0.3, -0.25) is 0 Å². The first-order valence-electron chi connectivity index (χ1n) is 5.85. The Morgan fingerprint density at radius 1 is 1.63 bits per heavy atom. The Balaban J connectivity index is 1.70. The Labute approximate surface area is 113 Å². The first kappa shape index (κ1) is 12.2. The van der Waals surface area contributed by atoms with Crippen molar-refractivity contribution in [1.82, 2.24) is 20.2 Å². The zero-order valence-corrected chi connectivity index (χ0v) is 11.1. The van der Waals surface area contributed by atoms with Gasteiger partial charge < -0.3 is 9.15 Å². The van der Waals surface area contributed by atoms with Crippen LogP contribution in [0.4, 0.5) is 0 Å². The first-order chi connectivity index (χ1) is 9.29. The molecule has 1 fully saturated rings. The van der Waals surface area contributed by atoms with Crippen LogP contribution in [-0.4, -0.2) is 33.3 Å². The van der Waals surface area contributed by atoms with E-state index in [0.717, 1.165) is 23.6 Å². The summed E-state index contributed by atoms with van der Waals surface area (Å²) in [6.45, 7) is 0. The van der Waals surface area contributed by atoms with E-state index in [-0.39, 0.29) is 5.76 Å². The Bertz CT molecular complexity index is 590. The minimum atomic E-state index is -0.470. The topological polar surface area (TPSA) is 83.0 Å². The molecule has 2 aromatic heterocycles. The minimum Gasteiger partial charge on any atom is -0.463 e. The highest BCUT2D eigenvalue weighted by Gasteiger charge is 2.28. The monoisotopic (exact) mass is 280 g/mol. The minimum absolute atomic E-state index is 0.237. The molecule has 8 heteroatoms. The summed E-state index contributed by atoms with van der Waals surface area (Å²) in [5.41, 5.74) is 0.780. The van der Waals surface area contributed by atoms with Gasteiger partial charge >= 0.3 is 5.97 Å². The van der Waals surface area contributed by atoms with Crippen LogP contribution in [0.5, 0.6) is 0 Å². The van der Waals surface area contributed by atoms with Crippen LogP contribution in [-0.2, 0) is 10.5 Å². The van der Waals surface area contributed by atoms with Crippen molar-refractivity contribution < 1.29 is 13.9 Å². The second kappa shape index (κ2) is 5.04. The molecular formula is C11H12N4O3S. The number of hydrogen-bond donors (Lipinski definition) is 0. The Kier molecular flexibility index (Phi) is 3.24. The van der Waals surface area contributed by atoms with Gasteiger partial charge in [0.05, 0.1) is 19.4 Å². The highest BCUT2D eigenvalue weighted by atomic mass is 32.2. The highest BCUT2D eigenvalue weighted by Crippen LogP contribution is 2.37. The van der Waals surface area contributed by atoms with Crippen molar-refractivity contribution in [3.63, 3.8) is 0 Å². The van der Waals surface area contributed by atoms with Crippen molar-refractivity contribution in [3.05, 3.63) is 23.7 Å². The third-order valence-electron chi connectivity index (χ3n) is 2.83. The lowest BCUT2D eigenvalue weighted by atomic mass is 10.3. The molecule has 1 aliphatic rings. The van der Waals surface area contributed by atoms with Crippen LogP contribution in [0.25, 0.3) is 0 Å². The van der Waals surface area contributed by atoms with Crippen LogP contribution < -0.4 is 0 Å². The molecule has 100 valence electrons. The van der Waals surface area contributed by atoms with Crippen LogP contribution >= 0.6 is 11.8 Å². The normalized spacial score (nSPS) is 14.6. The van der Waals surface area contributed by atoms with Gasteiger partial charge in [-0.2, -0.15) is 0 Å². The van der Waals surface area contributed by atoms with Crippen LogP contribution in [0.1, 0.15) is 35.0 Å². The number of rotatable bonds is 5. The number of nitrogens with zero attached hydrogens (tertiary/aromatic N) is 4. The molecule has 0 aliphatic heterocycles.